The quantitative estimate of drug-likeness (QED) is 0.616. The number of hydrogen-bond acceptors (Lipinski definition) is 2. The van der Waals surface area contributed by atoms with Crippen molar-refractivity contribution in [2.75, 3.05) is 0 Å². The molecule has 0 saturated heterocycles. The molecule has 100 valence electrons. The van der Waals surface area contributed by atoms with E-state index in [2.05, 4.69) is 17.6 Å². The first kappa shape index (κ1) is 13.7. The molecule has 2 rings (SSSR count). The number of halogens is 1. The number of aryl methyl sites for hydroxylation is 1. The fraction of sp³-hybridized carbons (Fsp3) is 0.250. The van der Waals surface area contributed by atoms with E-state index in [9.17, 15) is 4.39 Å². The first-order chi connectivity index (χ1) is 9.29. The second-order valence-corrected chi connectivity index (χ2v) is 4.65. The third kappa shape index (κ3) is 4.16. The van der Waals surface area contributed by atoms with Gasteiger partial charge in [-0.25, -0.2) is 4.39 Å². The van der Waals surface area contributed by atoms with Crippen molar-refractivity contribution in [2.45, 2.75) is 25.3 Å². The molecule has 2 aromatic carbocycles. The first-order valence-corrected chi connectivity index (χ1v) is 6.55. The number of nitrogens with one attached hydrogen (secondary N) is 1. The maximum absolute atomic E-state index is 13.2. The van der Waals surface area contributed by atoms with Crippen LogP contribution in [0, 0.1) is 5.82 Å². The number of hydrazine groups is 1. The molecular weight excluding hydrogens is 239 g/mol. The van der Waals surface area contributed by atoms with Crippen molar-refractivity contribution in [3.63, 3.8) is 0 Å². The average Bonchev–Trinajstić information content (AvgIpc) is 2.45. The van der Waals surface area contributed by atoms with E-state index < -0.39 is 0 Å². The zero-order chi connectivity index (χ0) is 13.5. The molecule has 0 aliphatic rings. The van der Waals surface area contributed by atoms with Crippen LogP contribution in [0.5, 0.6) is 0 Å². The van der Waals surface area contributed by atoms with Gasteiger partial charge in [0.05, 0.1) is 0 Å². The topological polar surface area (TPSA) is 38.0 Å². The normalized spacial score (nSPS) is 12.3. The van der Waals surface area contributed by atoms with Crippen LogP contribution < -0.4 is 11.3 Å². The first-order valence-electron chi connectivity index (χ1n) is 6.55. The molecule has 1 atom stereocenters. The van der Waals surface area contributed by atoms with Gasteiger partial charge in [-0.3, -0.25) is 11.3 Å². The summed E-state index contributed by atoms with van der Waals surface area (Å²) in [7, 11) is 0. The predicted octanol–water partition coefficient (Wildman–Crippen LogP) is 3.35. The molecule has 0 amide bonds. The lowest BCUT2D eigenvalue weighted by Gasteiger charge is -2.16. The Morgan fingerprint density at radius 2 is 1.84 bits per heavy atom. The van der Waals surface area contributed by atoms with Crippen molar-refractivity contribution in [3.8, 4) is 0 Å². The SMILES string of the molecule is NNC(CCCc1ccccc1)c1cccc(F)c1. The lowest BCUT2D eigenvalue weighted by atomic mass is 9.99. The Balaban J connectivity index is 1.89. The van der Waals surface area contributed by atoms with Gasteiger partial charge < -0.3 is 0 Å². The molecule has 0 saturated carbocycles. The fourth-order valence-corrected chi connectivity index (χ4v) is 2.22. The highest BCUT2D eigenvalue weighted by Crippen LogP contribution is 2.19. The smallest absolute Gasteiger partial charge is 0.123 e. The molecule has 0 heterocycles. The van der Waals surface area contributed by atoms with Gasteiger partial charge in [-0.2, -0.15) is 0 Å². The Kier molecular flexibility index (Phi) is 5.07. The Labute approximate surface area is 113 Å². The van der Waals surface area contributed by atoms with Gasteiger partial charge in [0.15, 0.2) is 0 Å². The minimum Gasteiger partial charge on any atom is -0.271 e. The summed E-state index contributed by atoms with van der Waals surface area (Å²) in [6.07, 6.45) is 2.90. The van der Waals surface area contributed by atoms with Crippen LogP contribution in [0.4, 0.5) is 4.39 Å². The lowest BCUT2D eigenvalue weighted by Crippen LogP contribution is -2.28. The zero-order valence-electron chi connectivity index (χ0n) is 10.9. The van der Waals surface area contributed by atoms with E-state index >= 15 is 0 Å². The van der Waals surface area contributed by atoms with Crippen LogP contribution in [0.25, 0.3) is 0 Å². The number of nitrogens with two attached hydrogens (primary N) is 1. The van der Waals surface area contributed by atoms with Gasteiger partial charge in [0.1, 0.15) is 5.82 Å². The van der Waals surface area contributed by atoms with Gasteiger partial charge in [0.2, 0.25) is 0 Å². The molecule has 0 aromatic heterocycles. The molecule has 19 heavy (non-hydrogen) atoms. The molecule has 0 spiro atoms. The fourth-order valence-electron chi connectivity index (χ4n) is 2.22. The second kappa shape index (κ2) is 7.02. The molecule has 0 radical (unpaired) electrons. The standard InChI is InChI=1S/C16H19FN2/c17-15-10-5-9-14(12-15)16(19-18)11-4-8-13-6-2-1-3-7-13/h1-3,5-7,9-10,12,16,19H,4,8,11,18H2. The third-order valence-electron chi connectivity index (χ3n) is 3.25. The summed E-state index contributed by atoms with van der Waals surface area (Å²) in [5.74, 6) is 5.34. The lowest BCUT2D eigenvalue weighted by molar-refractivity contribution is 0.495. The predicted molar refractivity (Wildman–Crippen MR) is 75.8 cm³/mol. The summed E-state index contributed by atoms with van der Waals surface area (Å²) in [5, 5.41) is 0. The Hall–Kier alpha value is -1.71. The number of benzene rings is 2. The van der Waals surface area contributed by atoms with Crippen molar-refractivity contribution in [2.24, 2.45) is 5.84 Å². The van der Waals surface area contributed by atoms with Gasteiger partial charge in [-0.05, 0) is 42.5 Å². The summed E-state index contributed by atoms with van der Waals surface area (Å²) in [5.41, 5.74) is 4.98. The highest BCUT2D eigenvalue weighted by molar-refractivity contribution is 5.20. The minimum atomic E-state index is -0.221. The van der Waals surface area contributed by atoms with Crippen LogP contribution in [-0.2, 0) is 6.42 Å². The maximum Gasteiger partial charge on any atom is 0.123 e. The summed E-state index contributed by atoms with van der Waals surface area (Å²) in [6, 6.07) is 16.9. The Morgan fingerprint density at radius 3 is 2.53 bits per heavy atom. The van der Waals surface area contributed by atoms with Gasteiger partial charge in [0, 0.05) is 6.04 Å². The highest BCUT2D eigenvalue weighted by atomic mass is 19.1. The molecule has 0 aliphatic carbocycles. The Bertz CT molecular complexity index is 499. The van der Waals surface area contributed by atoms with Crippen LogP contribution in [-0.4, -0.2) is 0 Å². The van der Waals surface area contributed by atoms with Crippen LogP contribution in [0.15, 0.2) is 54.6 Å². The van der Waals surface area contributed by atoms with Crippen molar-refractivity contribution in [1.82, 2.24) is 5.43 Å². The monoisotopic (exact) mass is 258 g/mol. The van der Waals surface area contributed by atoms with Gasteiger partial charge in [-0.1, -0.05) is 42.5 Å². The van der Waals surface area contributed by atoms with E-state index in [0.717, 1.165) is 24.8 Å². The number of rotatable bonds is 6. The van der Waals surface area contributed by atoms with E-state index in [1.807, 2.05) is 24.3 Å². The van der Waals surface area contributed by atoms with Crippen molar-refractivity contribution in [1.29, 1.82) is 0 Å². The van der Waals surface area contributed by atoms with Crippen LogP contribution in [0.2, 0.25) is 0 Å². The summed E-state index contributed by atoms with van der Waals surface area (Å²) in [6.45, 7) is 0. The molecule has 3 heteroatoms. The molecule has 3 N–H and O–H groups in total. The van der Waals surface area contributed by atoms with E-state index in [1.165, 1.54) is 17.7 Å². The van der Waals surface area contributed by atoms with Crippen LogP contribution >= 0.6 is 0 Å². The largest absolute Gasteiger partial charge is 0.271 e. The average molecular weight is 258 g/mol. The van der Waals surface area contributed by atoms with Gasteiger partial charge in [0.25, 0.3) is 0 Å². The van der Waals surface area contributed by atoms with Crippen molar-refractivity contribution in [3.05, 3.63) is 71.5 Å². The third-order valence-corrected chi connectivity index (χ3v) is 3.25. The molecule has 0 fully saturated rings. The molecule has 2 nitrogen and oxygen atoms in total. The summed E-state index contributed by atoms with van der Waals surface area (Å²) >= 11 is 0. The Morgan fingerprint density at radius 1 is 1.05 bits per heavy atom. The van der Waals surface area contributed by atoms with E-state index in [0.29, 0.717) is 0 Å². The van der Waals surface area contributed by atoms with Crippen LogP contribution in [0.1, 0.15) is 30.0 Å². The second-order valence-electron chi connectivity index (χ2n) is 4.65. The van der Waals surface area contributed by atoms with E-state index in [4.69, 9.17) is 5.84 Å². The van der Waals surface area contributed by atoms with Crippen molar-refractivity contribution < 1.29 is 4.39 Å². The summed E-state index contributed by atoms with van der Waals surface area (Å²) < 4.78 is 13.2. The zero-order valence-corrected chi connectivity index (χ0v) is 10.9. The number of hydrogen-bond donors (Lipinski definition) is 2. The maximum atomic E-state index is 13.2. The molecule has 1 unspecified atom stereocenters. The molecular formula is C16H19FN2. The summed E-state index contributed by atoms with van der Waals surface area (Å²) in [4.78, 5) is 0. The van der Waals surface area contributed by atoms with Gasteiger partial charge in [-0.15, -0.1) is 0 Å². The molecule has 2 aromatic rings. The molecule has 0 aliphatic heterocycles. The van der Waals surface area contributed by atoms with Gasteiger partial charge >= 0.3 is 0 Å². The molecule has 0 bridgehead atoms. The van der Waals surface area contributed by atoms with E-state index in [1.54, 1.807) is 6.07 Å². The minimum absolute atomic E-state index is 0.000544. The van der Waals surface area contributed by atoms with Crippen LogP contribution in [0.3, 0.4) is 0 Å². The van der Waals surface area contributed by atoms with E-state index in [-0.39, 0.29) is 11.9 Å². The highest BCUT2D eigenvalue weighted by Gasteiger charge is 2.09. The van der Waals surface area contributed by atoms with Crippen molar-refractivity contribution >= 4 is 0 Å².